The summed E-state index contributed by atoms with van der Waals surface area (Å²) in [6.07, 6.45) is 2.60. The number of benzene rings is 1. The predicted molar refractivity (Wildman–Crippen MR) is 79.4 cm³/mol. The Labute approximate surface area is 121 Å². The van der Waals surface area contributed by atoms with Crippen LogP contribution in [0.2, 0.25) is 0 Å². The molecular formula is C16H24N2O2. The summed E-state index contributed by atoms with van der Waals surface area (Å²) in [5, 5.41) is 3.58. The van der Waals surface area contributed by atoms with Crippen molar-refractivity contribution in [2.24, 2.45) is 5.92 Å². The van der Waals surface area contributed by atoms with Gasteiger partial charge in [0.2, 0.25) is 0 Å². The number of piperidine rings is 1. The third-order valence-corrected chi connectivity index (χ3v) is 4.23. The zero-order valence-corrected chi connectivity index (χ0v) is 12.2. The molecule has 0 aromatic heterocycles. The number of para-hydroxylation sites is 1. The number of ether oxygens (including phenoxy) is 2. The van der Waals surface area contributed by atoms with E-state index in [2.05, 4.69) is 23.3 Å². The fourth-order valence-electron chi connectivity index (χ4n) is 2.95. The Bertz CT molecular complexity index is 442. The van der Waals surface area contributed by atoms with E-state index in [0.717, 1.165) is 30.5 Å². The van der Waals surface area contributed by atoms with Gasteiger partial charge in [0.15, 0.2) is 11.5 Å². The van der Waals surface area contributed by atoms with Crippen molar-refractivity contribution in [2.75, 3.05) is 39.9 Å². The van der Waals surface area contributed by atoms with Gasteiger partial charge in [-0.05, 0) is 51.5 Å². The number of hydrogen-bond acceptors (Lipinski definition) is 4. The van der Waals surface area contributed by atoms with Crippen molar-refractivity contribution in [3.8, 4) is 11.5 Å². The minimum atomic E-state index is 0.652. The van der Waals surface area contributed by atoms with E-state index < -0.39 is 0 Å². The molecule has 0 radical (unpaired) electrons. The topological polar surface area (TPSA) is 33.7 Å². The highest BCUT2D eigenvalue weighted by molar-refractivity contribution is 5.47. The number of rotatable bonds is 4. The van der Waals surface area contributed by atoms with E-state index in [4.69, 9.17) is 9.47 Å². The van der Waals surface area contributed by atoms with Crippen LogP contribution in [0, 0.1) is 5.92 Å². The van der Waals surface area contributed by atoms with Gasteiger partial charge in [0.05, 0.1) is 0 Å². The van der Waals surface area contributed by atoms with Crippen LogP contribution in [-0.4, -0.2) is 44.8 Å². The van der Waals surface area contributed by atoms with Crippen molar-refractivity contribution in [2.45, 2.75) is 19.4 Å². The van der Waals surface area contributed by atoms with Crippen LogP contribution in [0.15, 0.2) is 18.2 Å². The maximum Gasteiger partial charge on any atom is 0.165 e. The average Bonchev–Trinajstić information content (AvgIpc) is 2.49. The van der Waals surface area contributed by atoms with Crippen LogP contribution in [0.4, 0.5) is 0 Å². The SMILES string of the molecule is CN1CCC(CNCc2cccc3c2OCCO3)CC1. The maximum atomic E-state index is 5.74. The summed E-state index contributed by atoms with van der Waals surface area (Å²) in [6, 6.07) is 6.14. The van der Waals surface area contributed by atoms with Crippen LogP contribution < -0.4 is 14.8 Å². The third kappa shape index (κ3) is 3.25. The normalized spacial score (nSPS) is 20.1. The van der Waals surface area contributed by atoms with Gasteiger partial charge in [0.25, 0.3) is 0 Å². The zero-order chi connectivity index (χ0) is 13.8. The van der Waals surface area contributed by atoms with E-state index in [1.807, 2.05) is 12.1 Å². The molecule has 4 heteroatoms. The van der Waals surface area contributed by atoms with E-state index in [1.165, 1.54) is 31.5 Å². The monoisotopic (exact) mass is 276 g/mol. The van der Waals surface area contributed by atoms with Crippen LogP contribution in [0.5, 0.6) is 11.5 Å². The van der Waals surface area contributed by atoms with Crippen molar-refractivity contribution < 1.29 is 9.47 Å². The maximum absolute atomic E-state index is 5.74. The van der Waals surface area contributed by atoms with Gasteiger partial charge in [-0.1, -0.05) is 12.1 Å². The Morgan fingerprint density at radius 3 is 2.85 bits per heavy atom. The number of fused-ring (bicyclic) bond motifs is 1. The van der Waals surface area contributed by atoms with E-state index in [-0.39, 0.29) is 0 Å². The summed E-state index contributed by atoms with van der Waals surface area (Å²) in [5.41, 5.74) is 1.20. The molecule has 1 saturated heterocycles. The number of nitrogens with zero attached hydrogens (tertiary/aromatic N) is 1. The lowest BCUT2D eigenvalue weighted by molar-refractivity contribution is 0.169. The van der Waals surface area contributed by atoms with Gasteiger partial charge in [-0.25, -0.2) is 0 Å². The molecule has 0 aliphatic carbocycles. The fraction of sp³-hybridized carbons (Fsp3) is 0.625. The van der Waals surface area contributed by atoms with Gasteiger partial charge in [-0.2, -0.15) is 0 Å². The minimum absolute atomic E-state index is 0.652. The summed E-state index contributed by atoms with van der Waals surface area (Å²) in [4.78, 5) is 2.41. The van der Waals surface area contributed by atoms with Crippen molar-refractivity contribution in [3.05, 3.63) is 23.8 Å². The first-order valence-corrected chi connectivity index (χ1v) is 7.59. The molecule has 2 heterocycles. The first-order valence-electron chi connectivity index (χ1n) is 7.59. The molecule has 4 nitrogen and oxygen atoms in total. The molecule has 0 amide bonds. The summed E-state index contributed by atoms with van der Waals surface area (Å²) in [6.45, 7) is 5.71. The van der Waals surface area contributed by atoms with Gasteiger partial charge >= 0.3 is 0 Å². The molecule has 1 N–H and O–H groups in total. The second kappa shape index (κ2) is 6.46. The molecule has 3 rings (SSSR count). The van der Waals surface area contributed by atoms with Gasteiger partial charge in [0.1, 0.15) is 13.2 Å². The lowest BCUT2D eigenvalue weighted by atomic mass is 9.97. The summed E-state index contributed by atoms with van der Waals surface area (Å²) < 4.78 is 11.4. The molecule has 1 fully saturated rings. The standard InChI is InChI=1S/C16H24N2O2/c1-18-7-5-13(6-8-18)11-17-12-14-3-2-4-15-16(14)20-10-9-19-15/h2-4,13,17H,5-12H2,1H3. The van der Waals surface area contributed by atoms with Gasteiger partial charge in [-0.3, -0.25) is 0 Å². The van der Waals surface area contributed by atoms with Gasteiger partial charge < -0.3 is 19.7 Å². The number of likely N-dealkylation sites (tertiary alicyclic amines) is 1. The Morgan fingerprint density at radius 2 is 2.00 bits per heavy atom. The summed E-state index contributed by atoms with van der Waals surface area (Å²) >= 11 is 0. The molecule has 110 valence electrons. The quantitative estimate of drug-likeness (QED) is 0.910. The Balaban J connectivity index is 1.51. The minimum Gasteiger partial charge on any atom is -0.486 e. The first kappa shape index (κ1) is 13.7. The number of hydrogen-bond donors (Lipinski definition) is 1. The van der Waals surface area contributed by atoms with Crippen molar-refractivity contribution in [3.63, 3.8) is 0 Å². The zero-order valence-electron chi connectivity index (χ0n) is 12.2. The molecule has 2 aliphatic rings. The molecule has 0 saturated carbocycles. The predicted octanol–water partition coefficient (Wildman–Crippen LogP) is 1.89. The largest absolute Gasteiger partial charge is 0.486 e. The van der Waals surface area contributed by atoms with E-state index >= 15 is 0 Å². The van der Waals surface area contributed by atoms with E-state index in [1.54, 1.807) is 0 Å². The Morgan fingerprint density at radius 1 is 1.20 bits per heavy atom. The number of nitrogens with one attached hydrogen (secondary N) is 1. The third-order valence-electron chi connectivity index (χ3n) is 4.23. The van der Waals surface area contributed by atoms with E-state index in [0.29, 0.717) is 13.2 Å². The Kier molecular flexibility index (Phi) is 4.43. The van der Waals surface area contributed by atoms with E-state index in [9.17, 15) is 0 Å². The van der Waals surface area contributed by atoms with Gasteiger partial charge in [0, 0.05) is 12.1 Å². The molecular weight excluding hydrogens is 252 g/mol. The van der Waals surface area contributed by atoms with Crippen LogP contribution in [0.3, 0.4) is 0 Å². The Hall–Kier alpha value is -1.26. The fourth-order valence-corrected chi connectivity index (χ4v) is 2.95. The molecule has 2 aliphatic heterocycles. The molecule has 0 unspecified atom stereocenters. The highest BCUT2D eigenvalue weighted by Gasteiger charge is 2.18. The average molecular weight is 276 g/mol. The smallest absolute Gasteiger partial charge is 0.165 e. The van der Waals surface area contributed by atoms with Crippen LogP contribution in [0.1, 0.15) is 18.4 Å². The highest BCUT2D eigenvalue weighted by Crippen LogP contribution is 2.33. The molecule has 1 aromatic carbocycles. The second-order valence-corrected chi connectivity index (χ2v) is 5.82. The highest BCUT2D eigenvalue weighted by atomic mass is 16.6. The molecule has 1 aromatic rings. The summed E-state index contributed by atoms with van der Waals surface area (Å²) in [5.74, 6) is 2.62. The first-order chi connectivity index (χ1) is 9.83. The lowest BCUT2D eigenvalue weighted by Crippen LogP contribution is -2.34. The van der Waals surface area contributed by atoms with Crippen LogP contribution in [0.25, 0.3) is 0 Å². The van der Waals surface area contributed by atoms with Crippen molar-refractivity contribution in [1.29, 1.82) is 0 Å². The summed E-state index contributed by atoms with van der Waals surface area (Å²) in [7, 11) is 2.21. The molecule has 20 heavy (non-hydrogen) atoms. The van der Waals surface area contributed by atoms with Crippen LogP contribution in [-0.2, 0) is 6.54 Å². The van der Waals surface area contributed by atoms with Crippen molar-refractivity contribution >= 4 is 0 Å². The molecule has 0 atom stereocenters. The van der Waals surface area contributed by atoms with Crippen molar-refractivity contribution in [1.82, 2.24) is 10.2 Å². The van der Waals surface area contributed by atoms with Crippen LogP contribution >= 0.6 is 0 Å². The van der Waals surface area contributed by atoms with Gasteiger partial charge in [-0.15, -0.1) is 0 Å². The molecule has 0 spiro atoms. The molecule has 0 bridgehead atoms. The second-order valence-electron chi connectivity index (χ2n) is 5.82. The lowest BCUT2D eigenvalue weighted by Gasteiger charge is -2.29.